The molecule has 0 saturated heterocycles. The maximum Gasteiger partial charge on any atom is 0.339 e. The number of hydrogen-bond donors (Lipinski definition) is 3. The number of carbonyl (C=O) groups is 2. The summed E-state index contributed by atoms with van der Waals surface area (Å²) >= 11 is 0. The van der Waals surface area contributed by atoms with Crippen LogP contribution in [-0.4, -0.2) is 32.2 Å². The summed E-state index contributed by atoms with van der Waals surface area (Å²) in [6.45, 7) is 1.68. The molecule has 0 spiro atoms. The molecule has 0 aliphatic rings. The summed E-state index contributed by atoms with van der Waals surface area (Å²) in [5.41, 5.74) is 0.0113. The van der Waals surface area contributed by atoms with Crippen LogP contribution in [0, 0.1) is 6.92 Å². The largest absolute Gasteiger partial charge is 0.507 e. The number of carbonyl (C=O) groups excluding carboxylic acids is 1. The van der Waals surface area contributed by atoms with Gasteiger partial charge in [0, 0.05) is 18.5 Å². The molecule has 1 amide bonds. The summed E-state index contributed by atoms with van der Waals surface area (Å²) in [4.78, 5) is 26.6. The first-order chi connectivity index (χ1) is 9.95. The molecule has 8 heteroatoms. The third kappa shape index (κ3) is 3.78. The van der Waals surface area contributed by atoms with Gasteiger partial charge in [-0.15, -0.1) is 0 Å². The van der Waals surface area contributed by atoms with Gasteiger partial charge in [0.25, 0.3) is 0 Å². The molecule has 2 aromatic rings. The Morgan fingerprint density at radius 2 is 2.14 bits per heavy atom. The van der Waals surface area contributed by atoms with E-state index in [2.05, 4.69) is 15.5 Å². The molecule has 1 aromatic heterocycles. The van der Waals surface area contributed by atoms with Gasteiger partial charge in [0.15, 0.2) is 5.82 Å². The van der Waals surface area contributed by atoms with Crippen molar-refractivity contribution in [3.8, 4) is 5.75 Å². The molecular weight excluding hydrogens is 278 g/mol. The second kappa shape index (κ2) is 6.04. The number of rotatable bonds is 5. The van der Waals surface area contributed by atoms with E-state index in [9.17, 15) is 14.7 Å². The van der Waals surface area contributed by atoms with Crippen molar-refractivity contribution in [3.63, 3.8) is 0 Å². The highest BCUT2D eigenvalue weighted by Crippen LogP contribution is 2.21. The number of nitrogens with zero attached hydrogens (tertiary/aromatic N) is 2. The lowest BCUT2D eigenvalue weighted by Crippen LogP contribution is -2.13. The molecule has 8 nitrogen and oxygen atoms in total. The summed E-state index contributed by atoms with van der Waals surface area (Å²) in [5.74, 6) is -1.10. The zero-order chi connectivity index (χ0) is 15.4. The van der Waals surface area contributed by atoms with E-state index >= 15 is 0 Å². The van der Waals surface area contributed by atoms with Gasteiger partial charge in [0.05, 0.1) is 0 Å². The fourth-order valence-corrected chi connectivity index (χ4v) is 1.67. The lowest BCUT2D eigenvalue weighted by molar-refractivity contribution is -0.116. The van der Waals surface area contributed by atoms with Gasteiger partial charge < -0.3 is 20.1 Å². The van der Waals surface area contributed by atoms with E-state index in [1.54, 1.807) is 6.92 Å². The van der Waals surface area contributed by atoms with Gasteiger partial charge in [-0.25, -0.2) is 4.79 Å². The minimum Gasteiger partial charge on any atom is -0.507 e. The van der Waals surface area contributed by atoms with Crippen molar-refractivity contribution in [1.29, 1.82) is 0 Å². The summed E-state index contributed by atoms with van der Waals surface area (Å²) in [5, 5.41) is 24.4. The molecule has 1 aromatic carbocycles. The molecule has 0 radical (unpaired) electrons. The molecule has 0 unspecified atom stereocenters. The van der Waals surface area contributed by atoms with Gasteiger partial charge in [-0.3, -0.25) is 4.79 Å². The Bertz CT molecular complexity index is 680. The van der Waals surface area contributed by atoms with Gasteiger partial charge in [-0.2, -0.15) is 4.98 Å². The van der Waals surface area contributed by atoms with E-state index in [4.69, 9.17) is 9.63 Å². The van der Waals surface area contributed by atoms with Crippen molar-refractivity contribution in [2.24, 2.45) is 0 Å². The van der Waals surface area contributed by atoms with E-state index in [0.29, 0.717) is 11.7 Å². The van der Waals surface area contributed by atoms with E-state index in [-0.39, 0.29) is 35.7 Å². The third-order valence-electron chi connectivity index (χ3n) is 2.65. The van der Waals surface area contributed by atoms with Crippen molar-refractivity contribution >= 4 is 17.6 Å². The summed E-state index contributed by atoms with van der Waals surface area (Å²) in [6.07, 6.45) is 0.404. The molecule has 2 rings (SSSR count). The van der Waals surface area contributed by atoms with Crippen LogP contribution in [0.2, 0.25) is 0 Å². The summed E-state index contributed by atoms with van der Waals surface area (Å²) in [6, 6.07) is 3.81. The fourth-order valence-electron chi connectivity index (χ4n) is 1.67. The van der Waals surface area contributed by atoms with Gasteiger partial charge in [-0.05, 0) is 25.1 Å². The SMILES string of the molecule is Cc1noc(CCC(=O)Nc2ccc(O)c(C(=O)O)c2)n1. The molecule has 0 aliphatic carbocycles. The minimum atomic E-state index is -1.27. The number of carboxylic acids is 1. The standard InChI is InChI=1S/C13H13N3O5/c1-7-14-12(21-16-7)5-4-11(18)15-8-2-3-10(17)9(6-8)13(19)20/h2-3,6,17H,4-5H2,1H3,(H,15,18)(H,19,20). The van der Waals surface area contributed by atoms with E-state index in [1.165, 1.54) is 18.2 Å². The maximum atomic E-state index is 11.7. The highest BCUT2D eigenvalue weighted by atomic mass is 16.5. The quantitative estimate of drug-likeness (QED) is 0.710. The topological polar surface area (TPSA) is 126 Å². The molecule has 3 N–H and O–H groups in total. The maximum absolute atomic E-state index is 11.7. The molecule has 0 saturated carbocycles. The first kappa shape index (κ1) is 14.5. The Morgan fingerprint density at radius 3 is 2.76 bits per heavy atom. The van der Waals surface area contributed by atoms with Crippen LogP contribution in [0.25, 0.3) is 0 Å². The number of aromatic nitrogens is 2. The average molecular weight is 291 g/mol. The highest BCUT2D eigenvalue weighted by Gasteiger charge is 2.12. The number of aromatic hydroxyl groups is 1. The van der Waals surface area contributed by atoms with Crippen LogP contribution in [0.15, 0.2) is 22.7 Å². The van der Waals surface area contributed by atoms with E-state index in [0.717, 1.165) is 0 Å². The number of amides is 1. The third-order valence-corrected chi connectivity index (χ3v) is 2.65. The molecule has 0 aliphatic heterocycles. The van der Waals surface area contributed by atoms with Crippen LogP contribution in [0.1, 0.15) is 28.5 Å². The number of hydrogen-bond acceptors (Lipinski definition) is 6. The summed E-state index contributed by atoms with van der Waals surface area (Å²) in [7, 11) is 0. The zero-order valence-corrected chi connectivity index (χ0v) is 11.2. The normalized spacial score (nSPS) is 10.3. The number of aromatic carboxylic acids is 1. The Labute approximate surface area is 119 Å². The first-order valence-corrected chi connectivity index (χ1v) is 6.11. The lowest BCUT2D eigenvalue weighted by atomic mass is 10.1. The summed E-state index contributed by atoms with van der Waals surface area (Å²) < 4.78 is 4.88. The van der Waals surface area contributed by atoms with Crippen LogP contribution in [0.3, 0.4) is 0 Å². The molecule has 0 fully saturated rings. The zero-order valence-electron chi connectivity index (χ0n) is 11.2. The number of benzene rings is 1. The van der Waals surface area contributed by atoms with Gasteiger partial charge in [0.1, 0.15) is 11.3 Å². The van der Waals surface area contributed by atoms with Crippen LogP contribution in [0.5, 0.6) is 5.75 Å². The highest BCUT2D eigenvalue weighted by molar-refractivity contribution is 5.95. The number of aryl methyl sites for hydroxylation is 2. The van der Waals surface area contributed by atoms with Gasteiger partial charge in [0.2, 0.25) is 11.8 Å². The monoisotopic (exact) mass is 291 g/mol. The molecular formula is C13H13N3O5. The van der Waals surface area contributed by atoms with Gasteiger partial charge in [-0.1, -0.05) is 5.16 Å². The van der Waals surface area contributed by atoms with E-state index in [1.807, 2.05) is 0 Å². The molecule has 0 atom stereocenters. The van der Waals surface area contributed by atoms with Crippen LogP contribution >= 0.6 is 0 Å². The lowest BCUT2D eigenvalue weighted by Gasteiger charge is -2.06. The minimum absolute atomic E-state index is 0.116. The van der Waals surface area contributed by atoms with Crippen LogP contribution in [0.4, 0.5) is 5.69 Å². The van der Waals surface area contributed by atoms with Crippen molar-refractivity contribution in [2.45, 2.75) is 19.8 Å². The number of carboxylic acid groups (broad SMARTS) is 1. The Hall–Kier alpha value is -2.90. The second-order valence-electron chi connectivity index (χ2n) is 4.32. The Kier molecular flexibility index (Phi) is 4.17. The average Bonchev–Trinajstić information content (AvgIpc) is 2.84. The molecule has 110 valence electrons. The smallest absolute Gasteiger partial charge is 0.339 e. The molecule has 21 heavy (non-hydrogen) atoms. The van der Waals surface area contributed by atoms with Crippen molar-refractivity contribution < 1.29 is 24.3 Å². The van der Waals surface area contributed by atoms with Crippen molar-refractivity contribution in [3.05, 3.63) is 35.5 Å². The van der Waals surface area contributed by atoms with E-state index < -0.39 is 5.97 Å². The molecule has 0 bridgehead atoms. The number of phenols is 1. The Balaban J connectivity index is 1.96. The number of nitrogens with one attached hydrogen (secondary N) is 1. The Morgan fingerprint density at radius 1 is 1.38 bits per heavy atom. The fraction of sp³-hybridized carbons (Fsp3) is 0.231. The molecule has 1 heterocycles. The van der Waals surface area contributed by atoms with Gasteiger partial charge >= 0.3 is 5.97 Å². The van der Waals surface area contributed by atoms with Crippen molar-refractivity contribution in [2.75, 3.05) is 5.32 Å². The number of anilines is 1. The van der Waals surface area contributed by atoms with Crippen LogP contribution in [-0.2, 0) is 11.2 Å². The second-order valence-corrected chi connectivity index (χ2v) is 4.32. The predicted octanol–water partition coefficient (Wildman–Crippen LogP) is 1.35. The van der Waals surface area contributed by atoms with Crippen molar-refractivity contribution in [1.82, 2.24) is 10.1 Å². The first-order valence-electron chi connectivity index (χ1n) is 6.11. The van der Waals surface area contributed by atoms with Crippen LogP contribution < -0.4 is 5.32 Å². The predicted molar refractivity (Wildman–Crippen MR) is 71.1 cm³/mol.